The van der Waals surface area contributed by atoms with Crippen LogP contribution in [-0.2, 0) is 6.18 Å². The molecule has 0 aliphatic heterocycles. The van der Waals surface area contributed by atoms with Crippen molar-refractivity contribution in [3.63, 3.8) is 0 Å². The molecule has 0 spiro atoms. The van der Waals surface area contributed by atoms with E-state index in [-0.39, 0.29) is 11.5 Å². The highest BCUT2D eigenvalue weighted by atomic mass is 19.4. The van der Waals surface area contributed by atoms with Crippen LogP contribution < -0.4 is 5.32 Å². The Balaban J connectivity index is 2.05. The summed E-state index contributed by atoms with van der Waals surface area (Å²) in [5, 5.41) is 3.34. The molecule has 2 rings (SSSR count). The van der Waals surface area contributed by atoms with Gasteiger partial charge >= 0.3 is 6.18 Å². The van der Waals surface area contributed by atoms with Gasteiger partial charge in [0.05, 0.1) is 5.56 Å². The van der Waals surface area contributed by atoms with Crippen molar-refractivity contribution in [3.05, 3.63) is 35.1 Å². The summed E-state index contributed by atoms with van der Waals surface area (Å²) >= 11 is 0. The number of rotatable bonds is 3. The molecule has 0 heterocycles. The van der Waals surface area contributed by atoms with Crippen LogP contribution in [-0.4, -0.2) is 12.1 Å². The molecule has 1 saturated carbocycles. The summed E-state index contributed by atoms with van der Waals surface area (Å²) in [5.41, 5.74) is -0.587. The number of nitrogens with one attached hydrogen (secondary N) is 1. The summed E-state index contributed by atoms with van der Waals surface area (Å²) in [6, 6.07) is 3.34. The van der Waals surface area contributed by atoms with Crippen LogP contribution >= 0.6 is 0 Å². The zero-order valence-corrected chi connectivity index (χ0v) is 11.8. The number of hydrogen-bond donors (Lipinski definition) is 1. The minimum Gasteiger partial charge on any atom is -0.312 e. The summed E-state index contributed by atoms with van der Waals surface area (Å²) in [5.74, 6) is -0.765. The van der Waals surface area contributed by atoms with Crippen molar-refractivity contribution in [2.75, 3.05) is 6.54 Å². The zero-order valence-electron chi connectivity index (χ0n) is 11.8. The largest absolute Gasteiger partial charge is 0.419 e. The molecule has 1 nitrogen and oxygen atoms in total. The Hall–Kier alpha value is -1.10. The third kappa shape index (κ3) is 3.72. The molecule has 5 heteroatoms. The van der Waals surface area contributed by atoms with Crippen LogP contribution in [0.1, 0.15) is 44.2 Å². The molecule has 0 aromatic heterocycles. The maximum absolute atomic E-state index is 13.2. The summed E-state index contributed by atoms with van der Waals surface area (Å²) in [7, 11) is 0. The maximum atomic E-state index is 13.2. The van der Waals surface area contributed by atoms with Gasteiger partial charge in [0, 0.05) is 5.54 Å². The lowest BCUT2D eigenvalue weighted by Crippen LogP contribution is -2.37. The smallest absolute Gasteiger partial charge is 0.312 e. The van der Waals surface area contributed by atoms with Crippen LogP contribution in [0.2, 0.25) is 0 Å². The van der Waals surface area contributed by atoms with Gasteiger partial charge in [-0.3, -0.25) is 0 Å². The van der Waals surface area contributed by atoms with Crippen LogP contribution in [0.5, 0.6) is 0 Å². The molecule has 0 bridgehead atoms. The molecular weight excluding hydrogens is 270 g/mol. The Bertz CT molecular complexity index is 488. The quantitative estimate of drug-likeness (QED) is 0.816. The van der Waals surface area contributed by atoms with Crippen molar-refractivity contribution in [1.29, 1.82) is 0 Å². The molecule has 1 aromatic rings. The topological polar surface area (TPSA) is 12.0 Å². The van der Waals surface area contributed by atoms with E-state index in [0.29, 0.717) is 11.5 Å². The van der Waals surface area contributed by atoms with Gasteiger partial charge in [-0.05, 0) is 63.3 Å². The fraction of sp³-hybridized carbons (Fsp3) is 0.600. The minimum absolute atomic E-state index is 0.00688. The molecule has 2 unspecified atom stereocenters. The number of alkyl halides is 3. The number of hydrogen-bond acceptors (Lipinski definition) is 1. The van der Waals surface area contributed by atoms with Gasteiger partial charge in [0.25, 0.3) is 0 Å². The molecular formula is C15H19F4N. The second-order valence-electron chi connectivity index (χ2n) is 6.47. The monoisotopic (exact) mass is 289 g/mol. The van der Waals surface area contributed by atoms with Gasteiger partial charge in [-0.2, -0.15) is 13.2 Å². The highest BCUT2D eigenvalue weighted by Crippen LogP contribution is 2.48. The van der Waals surface area contributed by atoms with E-state index in [4.69, 9.17) is 0 Å². The third-order valence-corrected chi connectivity index (χ3v) is 3.54. The first-order chi connectivity index (χ1) is 9.08. The van der Waals surface area contributed by atoms with Crippen LogP contribution in [0.15, 0.2) is 18.2 Å². The molecule has 1 aromatic carbocycles. The van der Waals surface area contributed by atoms with E-state index in [0.717, 1.165) is 25.1 Å². The predicted molar refractivity (Wildman–Crippen MR) is 70.0 cm³/mol. The average Bonchev–Trinajstić information content (AvgIpc) is 3.04. The number of benzene rings is 1. The van der Waals surface area contributed by atoms with Gasteiger partial charge in [-0.25, -0.2) is 4.39 Å². The third-order valence-electron chi connectivity index (χ3n) is 3.54. The Labute approximate surface area is 116 Å². The number of halogens is 4. The van der Waals surface area contributed by atoms with Crippen molar-refractivity contribution < 1.29 is 17.6 Å². The van der Waals surface area contributed by atoms with E-state index in [2.05, 4.69) is 5.32 Å². The molecule has 1 fully saturated rings. The van der Waals surface area contributed by atoms with Crippen molar-refractivity contribution in [2.45, 2.75) is 44.8 Å². The summed E-state index contributed by atoms with van der Waals surface area (Å²) in [6.45, 7) is 6.91. The molecule has 20 heavy (non-hydrogen) atoms. The summed E-state index contributed by atoms with van der Waals surface area (Å²) in [6.07, 6.45) is -3.78. The van der Waals surface area contributed by atoms with Crippen LogP contribution in [0.4, 0.5) is 17.6 Å². The van der Waals surface area contributed by atoms with Gasteiger partial charge in [-0.1, -0.05) is 6.07 Å². The van der Waals surface area contributed by atoms with Crippen LogP contribution in [0.3, 0.4) is 0 Å². The standard InChI is InChI=1S/C15H19F4N/c1-14(2,3)20-8-10-6-11(10)9-4-5-13(16)12(7-9)15(17,18)19/h4-5,7,10-11,20H,6,8H2,1-3H3. The normalized spacial score (nSPS) is 22.9. The Morgan fingerprint density at radius 2 is 1.85 bits per heavy atom. The van der Waals surface area contributed by atoms with Gasteiger partial charge in [0.1, 0.15) is 5.82 Å². The first kappa shape index (κ1) is 15.3. The van der Waals surface area contributed by atoms with E-state index in [9.17, 15) is 17.6 Å². The summed E-state index contributed by atoms with van der Waals surface area (Å²) in [4.78, 5) is 0. The van der Waals surface area contributed by atoms with Gasteiger partial charge in [0.15, 0.2) is 0 Å². The zero-order chi connectivity index (χ0) is 15.1. The van der Waals surface area contributed by atoms with Gasteiger partial charge < -0.3 is 5.32 Å². The van der Waals surface area contributed by atoms with Crippen molar-refractivity contribution in [1.82, 2.24) is 5.32 Å². The lowest BCUT2D eigenvalue weighted by atomic mass is 10.0. The van der Waals surface area contributed by atoms with E-state index < -0.39 is 17.6 Å². The Kier molecular flexibility index (Phi) is 3.84. The fourth-order valence-electron chi connectivity index (χ4n) is 2.31. The van der Waals surface area contributed by atoms with Crippen molar-refractivity contribution >= 4 is 0 Å². The lowest BCUT2D eigenvalue weighted by molar-refractivity contribution is -0.140. The Morgan fingerprint density at radius 1 is 1.20 bits per heavy atom. The fourth-order valence-corrected chi connectivity index (χ4v) is 2.31. The first-order valence-electron chi connectivity index (χ1n) is 6.69. The van der Waals surface area contributed by atoms with E-state index in [1.165, 1.54) is 6.07 Å². The second kappa shape index (κ2) is 5.02. The molecule has 1 aliphatic carbocycles. The van der Waals surface area contributed by atoms with E-state index >= 15 is 0 Å². The predicted octanol–water partition coefficient (Wildman–Crippen LogP) is 4.34. The summed E-state index contributed by atoms with van der Waals surface area (Å²) < 4.78 is 51.2. The van der Waals surface area contributed by atoms with Crippen molar-refractivity contribution in [3.8, 4) is 0 Å². The second-order valence-corrected chi connectivity index (χ2v) is 6.47. The Morgan fingerprint density at radius 3 is 2.40 bits per heavy atom. The SMILES string of the molecule is CC(C)(C)NCC1CC1c1ccc(F)c(C(F)(F)F)c1. The highest BCUT2D eigenvalue weighted by molar-refractivity contribution is 5.33. The highest BCUT2D eigenvalue weighted by Gasteiger charge is 2.41. The van der Waals surface area contributed by atoms with Gasteiger partial charge in [-0.15, -0.1) is 0 Å². The van der Waals surface area contributed by atoms with E-state index in [1.807, 2.05) is 20.8 Å². The minimum atomic E-state index is -4.63. The van der Waals surface area contributed by atoms with Crippen molar-refractivity contribution in [2.24, 2.45) is 5.92 Å². The molecule has 1 N–H and O–H groups in total. The molecule has 1 aliphatic rings. The van der Waals surface area contributed by atoms with Crippen LogP contribution in [0.25, 0.3) is 0 Å². The average molecular weight is 289 g/mol. The first-order valence-corrected chi connectivity index (χ1v) is 6.69. The molecule has 112 valence electrons. The van der Waals surface area contributed by atoms with Gasteiger partial charge in [0.2, 0.25) is 0 Å². The van der Waals surface area contributed by atoms with E-state index in [1.54, 1.807) is 0 Å². The molecule has 0 amide bonds. The lowest BCUT2D eigenvalue weighted by Gasteiger charge is -2.20. The molecule has 0 saturated heterocycles. The molecule has 0 radical (unpaired) electrons. The maximum Gasteiger partial charge on any atom is 0.419 e. The van der Waals surface area contributed by atoms with Crippen LogP contribution in [0, 0.1) is 11.7 Å². The molecule has 2 atom stereocenters.